The van der Waals surface area contributed by atoms with Gasteiger partial charge in [0.25, 0.3) is 0 Å². The number of pyridine rings is 1. The number of hydrogen-bond acceptors (Lipinski definition) is 3. The lowest BCUT2D eigenvalue weighted by Crippen LogP contribution is -2.38. The summed E-state index contributed by atoms with van der Waals surface area (Å²) in [6.45, 7) is 6.53. The van der Waals surface area contributed by atoms with Gasteiger partial charge in [-0.2, -0.15) is 0 Å². The number of nitrogens with zero attached hydrogens (tertiary/aromatic N) is 3. The molecule has 0 saturated carbocycles. The third kappa shape index (κ3) is 10.2. The molecule has 0 fully saturated rings. The van der Waals surface area contributed by atoms with Crippen LogP contribution in [-0.2, 0) is 13.0 Å². The number of hydrogen-bond donors (Lipinski definition) is 2. The second kappa shape index (κ2) is 14.6. The number of halogens is 2. The van der Waals surface area contributed by atoms with E-state index < -0.39 is 0 Å². The molecule has 28 heavy (non-hydrogen) atoms. The van der Waals surface area contributed by atoms with Crippen molar-refractivity contribution in [3.05, 3.63) is 64.9 Å². The van der Waals surface area contributed by atoms with E-state index in [0.717, 1.165) is 57.1 Å². The van der Waals surface area contributed by atoms with E-state index in [0.29, 0.717) is 5.15 Å². The molecule has 5 nitrogen and oxygen atoms in total. The lowest BCUT2D eigenvalue weighted by Gasteiger charge is -2.16. The maximum atomic E-state index is 5.82. The molecule has 0 radical (unpaired) electrons. The fraction of sp³-hybridized carbons (Fsp3) is 0.429. The fourth-order valence-electron chi connectivity index (χ4n) is 2.73. The van der Waals surface area contributed by atoms with E-state index in [9.17, 15) is 0 Å². The second-order valence-electron chi connectivity index (χ2n) is 6.50. The number of aliphatic imine (C=N–C) groups is 1. The summed E-state index contributed by atoms with van der Waals surface area (Å²) in [7, 11) is 2.15. The van der Waals surface area contributed by atoms with Crippen LogP contribution in [0.5, 0.6) is 0 Å². The van der Waals surface area contributed by atoms with E-state index in [-0.39, 0.29) is 24.0 Å². The van der Waals surface area contributed by atoms with Gasteiger partial charge in [-0.3, -0.25) is 4.99 Å². The summed E-state index contributed by atoms with van der Waals surface area (Å²) in [6, 6.07) is 14.4. The molecular weight excluding hydrogens is 485 g/mol. The minimum atomic E-state index is 0. The number of rotatable bonds is 10. The number of benzene rings is 1. The maximum Gasteiger partial charge on any atom is 0.191 e. The van der Waals surface area contributed by atoms with Crippen molar-refractivity contribution in [2.45, 2.75) is 26.3 Å². The van der Waals surface area contributed by atoms with Crippen molar-refractivity contribution in [2.75, 3.05) is 33.2 Å². The largest absolute Gasteiger partial charge is 0.357 e. The van der Waals surface area contributed by atoms with E-state index in [1.165, 1.54) is 5.56 Å². The quantitative estimate of drug-likeness (QED) is 0.165. The Morgan fingerprint density at radius 3 is 2.57 bits per heavy atom. The lowest BCUT2D eigenvalue weighted by molar-refractivity contribution is 0.324. The normalized spacial score (nSPS) is 11.2. The average molecular weight is 516 g/mol. The first-order chi connectivity index (χ1) is 13.2. The summed E-state index contributed by atoms with van der Waals surface area (Å²) < 4.78 is 0. The first-order valence-corrected chi connectivity index (χ1v) is 9.90. The van der Waals surface area contributed by atoms with Gasteiger partial charge in [0.1, 0.15) is 5.15 Å². The first-order valence-electron chi connectivity index (χ1n) is 9.52. The summed E-state index contributed by atoms with van der Waals surface area (Å²) >= 11 is 5.82. The first kappa shape index (κ1) is 24.7. The topological polar surface area (TPSA) is 52.6 Å². The van der Waals surface area contributed by atoms with E-state index in [1.807, 2.05) is 18.3 Å². The predicted molar refractivity (Wildman–Crippen MR) is 130 cm³/mol. The monoisotopic (exact) mass is 515 g/mol. The zero-order chi connectivity index (χ0) is 19.3. The van der Waals surface area contributed by atoms with Gasteiger partial charge in [-0.1, -0.05) is 48.0 Å². The highest BCUT2D eigenvalue weighted by Gasteiger charge is 2.01. The van der Waals surface area contributed by atoms with Gasteiger partial charge in [-0.15, -0.1) is 24.0 Å². The Hall–Kier alpha value is -1.38. The van der Waals surface area contributed by atoms with Crippen LogP contribution in [0.4, 0.5) is 0 Å². The van der Waals surface area contributed by atoms with Crippen molar-refractivity contribution >= 4 is 41.5 Å². The van der Waals surface area contributed by atoms with Crippen LogP contribution in [0, 0.1) is 0 Å². The molecule has 0 aliphatic heterocycles. The third-order valence-corrected chi connectivity index (χ3v) is 4.33. The molecule has 0 spiro atoms. The van der Waals surface area contributed by atoms with Crippen LogP contribution in [0.2, 0.25) is 5.15 Å². The molecule has 0 unspecified atom stereocenters. The van der Waals surface area contributed by atoms with E-state index in [2.05, 4.69) is 69.8 Å². The van der Waals surface area contributed by atoms with Crippen LogP contribution in [0.15, 0.2) is 53.7 Å². The van der Waals surface area contributed by atoms with Crippen molar-refractivity contribution in [2.24, 2.45) is 4.99 Å². The van der Waals surface area contributed by atoms with Crippen LogP contribution >= 0.6 is 35.6 Å². The minimum Gasteiger partial charge on any atom is -0.357 e. The Bertz CT molecular complexity index is 679. The van der Waals surface area contributed by atoms with Gasteiger partial charge in [0.2, 0.25) is 0 Å². The average Bonchev–Trinajstić information content (AvgIpc) is 2.67. The van der Waals surface area contributed by atoms with Crippen LogP contribution < -0.4 is 10.6 Å². The standard InChI is InChI=1S/C21H30ClN5.HI/c1-3-23-21(25-14-12-18-10-11-20(22)26-16-18)24-13-7-15-27(2)17-19-8-5-4-6-9-19;/h4-6,8-11,16H,3,7,12-15,17H2,1-2H3,(H2,23,24,25);1H. The molecule has 154 valence electrons. The Morgan fingerprint density at radius 1 is 1.11 bits per heavy atom. The van der Waals surface area contributed by atoms with Crippen molar-refractivity contribution in [3.8, 4) is 0 Å². The number of nitrogens with one attached hydrogen (secondary N) is 2. The van der Waals surface area contributed by atoms with Crippen LogP contribution in [0.25, 0.3) is 0 Å². The highest BCUT2D eigenvalue weighted by molar-refractivity contribution is 14.0. The van der Waals surface area contributed by atoms with E-state index >= 15 is 0 Å². The van der Waals surface area contributed by atoms with Crippen LogP contribution in [-0.4, -0.2) is 49.1 Å². The molecule has 0 atom stereocenters. The molecule has 1 heterocycles. The zero-order valence-corrected chi connectivity index (χ0v) is 19.8. The van der Waals surface area contributed by atoms with E-state index in [1.54, 1.807) is 0 Å². The van der Waals surface area contributed by atoms with E-state index in [4.69, 9.17) is 11.6 Å². The Balaban J connectivity index is 0.00000392. The van der Waals surface area contributed by atoms with Gasteiger partial charge in [0.05, 0.1) is 0 Å². The van der Waals surface area contributed by atoms with Gasteiger partial charge in [0, 0.05) is 32.4 Å². The summed E-state index contributed by atoms with van der Waals surface area (Å²) in [4.78, 5) is 11.1. The third-order valence-electron chi connectivity index (χ3n) is 4.10. The predicted octanol–water partition coefficient (Wildman–Crippen LogP) is 3.97. The summed E-state index contributed by atoms with van der Waals surface area (Å²) in [5, 5.41) is 7.20. The Labute approximate surface area is 191 Å². The fourth-order valence-corrected chi connectivity index (χ4v) is 2.84. The molecular formula is C21H31ClIN5. The molecule has 0 saturated heterocycles. The Morgan fingerprint density at radius 2 is 1.89 bits per heavy atom. The van der Waals surface area contributed by atoms with Gasteiger partial charge < -0.3 is 15.5 Å². The molecule has 2 aromatic rings. The number of guanidine groups is 1. The molecule has 1 aromatic heterocycles. The molecule has 7 heteroatoms. The van der Waals surface area contributed by atoms with Crippen molar-refractivity contribution < 1.29 is 0 Å². The van der Waals surface area contributed by atoms with Gasteiger partial charge in [0.15, 0.2) is 5.96 Å². The van der Waals surface area contributed by atoms with Crippen molar-refractivity contribution in [1.29, 1.82) is 0 Å². The zero-order valence-electron chi connectivity index (χ0n) is 16.7. The summed E-state index contributed by atoms with van der Waals surface area (Å²) in [5.74, 6) is 0.866. The molecule has 1 aromatic carbocycles. The second-order valence-corrected chi connectivity index (χ2v) is 6.89. The van der Waals surface area contributed by atoms with Crippen molar-refractivity contribution in [3.63, 3.8) is 0 Å². The summed E-state index contributed by atoms with van der Waals surface area (Å²) in [5.41, 5.74) is 2.50. The maximum absolute atomic E-state index is 5.82. The molecule has 0 aliphatic carbocycles. The minimum absolute atomic E-state index is 0. The SMILES string of the molecule is CCNC(=NCCCN(C)Cc1ccccc1)NCCc1ccc(Cl)nc1.I. The van der Waals surface area contributed by atoms with Gasteiger partial charge in [-0.25, -0.2) is 4.98 Å². The van der Waals surface area contributed by atoms with Crippen LogP contribution in [0.3, 0.4) is 0 Å². The summed E-state index contributed by atoms with van der Waals surface area (Å²) in [6.07, 6.45) is 3.73. The highest BCUT2D eigenvalue weighted by atomic mass is 127. The number of aromatic nitrogens is 1. The molecule has 0 bridgehead atoms. The smallest absolute Gasteiger partial charge is 0.191 e. The molecule has 2 rings (SSSR count). The Kier molecular flexibility index (Phi) is 12.9. The highest BCUT2D eigenvalue weighted by Crippen LogP contribution is 2.05. The molecule has 2 N–H and O–H groups in total. The lowest BCUT2D eigenvalue weighted by atomic mass is 10.2. The molecule has 0 amide bonds. The van der Waals surface area contributed by atoms with Gasteiger partial charge >= 0.3 is 0 Å². The molecule has 0 aliphatic rings. The van der Waals surface area contributed by atoms with Crippen molar-refractivity contribution in [1.82, 2.24) is 20.5 Å². The van der Waals surface area contributed by atoms with Crippen LogP contribution in [0.1, 0.15) is 24.5 Å². The van der Waals surface area contributed by atoms with Gasteiger partial charge in [-0.05, 0) is 50.6 Å².